The molecule has 1 aromatic heterocycles. The first-order chi connectivity index (χ1) is 19.7. The van der Waals surface area contributed by atoms with Gasteiger partial charge in [0.2, 0.25) is 5.60 Å². The van der Waals surface area contributed by atoms with E-state index in [9.17, 15) is 32.6 Å². The van der Waals surface area contributed by atoms with Gasteiger partial charge in [-0.15, -0.1) is 0 Å². The third-order valence-corrected chi connectivity index (χ3v) is 7.48. The number of nitrogens with one attached hydrogen (secondary N) is 2. The normalized spacial score (nSPS) is 18.8. The molecule has 2 aromatic carbocycles. The number of hydrogen-bond acceptors (Lipinski definition) is 7. The van der Waals surface area contributed by atoms with Crippen molar-refractivity contribution in [3.05, 3.63) is 76.7 Å². The molecule has 3 atom stereocenters. The van der Waals surface area contributed by atoms with Gasteiger partial charge >= 0.3 is 6.18 Å². The van der Waals surface area contributed by atoms with Crippen LogP contribution in [0.3, 0.4) is 0 Å². The van der Waals surface area contributed by atoms with E-state index in [1.54, 1.807) is 19.9 Å². The number of carbonyl (C=O) groups is 1. The number of halogens is 4. The zero-order valence-corrected chi connectivity index (χ0v) is 23.5. The summed E-state index contributed by atoms with van der Waals surface area (Å²) in [5.74, 6) is -1.08. The van der Waals surface area contributed by atoms with Crippen LogP contribution in [0.1, 0.15) is 53.9 Å². The number of hydrogen-bond donors (Lipinski definition) is 5. The van der Waals surface area contributed by atoms with Gasteiger partial charge in [-0.3, -0.25) is 4.79 Å². The smallest absolute Gasteiger partial charge is 0.424 e. The molecule has 1 aliphatic heterocycles. The Morgan fingerprint density at radius 1 is 1.21 bits per heavy atom. The standard InChI is InChI=1S/C30H34F4N4O4/c1-17(39)4-5-18-6-7-20(14-23(18)42-3)27(40)37-16-29(41,30(32,33)34)24-15-22-26(36-13-12-28(22,2)35)25(38-24)19-8-10-21(31)11-9-19/h6-11,14-15,17,36,39,41H,4-5,12-13,16,35H2,1-3H3,(H,37,40). The number of nitrogens with zero attached hydrogens (tertiary/aromatic N) is 1. The highest BCUT2D eigenvalue weighted by Crippen LogP contribution is 2.44. The number of methoxy groups -OCH3 is 1. The maximum atomic E-state index is 14.6. The largest absolute Gasteiger partial charge is 0.496 e. The van der Waals surface area contributed by atoms with Gasteiger partial charge < -0.3 is 31.3 Å². The fraction of sp³-hybridized carbons (Fsp3) is 0.400. The molecule has 1 aliphatic rings. The number of benzene rings is 2. The summed E-state index contributed by atoms with van der Waals surface area (Å²) >= 11 is 0. The van der Waals surface area contributed by atoms with E-state index in [4.69, 9.17) is 10.5 Å². The molecule has 4 rings (SSSR count). The van der Waals surface area contributed by atoms with Crippen molar-refractivity contribution < 1.29 is 37.3 Å². The molecule has 0 spiro atoms. The van der Waals surface area contributed by atoms with E-state index in [0.29, 0.717) is 53.9 Å². The van der Waals surface area contributed by atoms with Gasteiger partial charge in [0.25, 0.3) is 5.91 Å². The van der Waals surface area contributed by atoms with Crippen LogP contribution in [0.5, 0.6) is 5.75 Å². The number of carbonyl (C=O) groups excluding carboxylic acids is 1. The molecule has 2 heterocycles. The van der Waals surface area contributed by atoms with E-state index >= 15 is 0 Å². The Labute approximate surface area is 240 Å². The van der Waals surface area contributed by atoms with Crippen LogP contribution in [0.2, 0.25) is 0 Å². The predicted octanol–water partition coefficient (Wildman–Crippen LogP) is 4.38. The van der Waals surface area contributed by atoms with Gasteiger partial charge in [-0.1, -0.05) is 6.07 Å². The lowest BCUT2D eigenvalue weighted by molar-refractivity contribution is -0.265. The van der Waals surface area contributed by atoms with Crippen LogP contribution in [0.25, 0.3) is 11.3 Å². The number of nitrogens with two attached hydrogens (primary N) is 1. The van der Waals surface area contributed by atoms with Crippen LogP contribution in [0, 0.1) is 5.82 Å². The Morgan fingerprint density at radius 3 is 2.52 bits per heavy atom. The minimum atomic E-state index is -5.25. The summed E-state index contributed by atoms with van der Waals surface area (Å²) in [6, 6.07) is 10.6. The maximum absolute atomic E-state index is 14.6. The fourth-order valence-electron chi connectivity index (χ4n) is 4.89. The number of ether oxygens (including phenoxy) is 1. The minimum absolute atomic E-state index is 0.0151. The lowest BCUT2D eigenvalue weighted by Gasteiger charge is -2.37. The number of aliphatic hydroxyl groups excluding tert-OH is 1. The molecule has 3 unspecified atom stereocenters. The second-order valence-electron chi connectivity index (χ2n) is 10.8. The maximum Gasteiger partial charge on any atom is 0.424 e. The monoisotopic (exact) mass is 590 g/mol. The van der Waals surface area contributed by atoms with Gasteiger partial charge in [0.1, 0.15) is 11.6 Å². The van der Waals surface area contributed by atoms with Gasteiger partial charge in [-0.25, -0.2) is 9.37 Å². The lowest BCUT2D eigenvalue weighted by atomic mass is 9.82. The van der Waals surface area contributed by atoms with Crippen molar-refractivity contribution in [3.63, 3.8) is 0 Å². The van der Waals surface area contributed by atoms with E-state index in [1.165, 1.54) is 31.4 Å². The van der Waals surface area contributed by atoms with Crippen LogP contribution >= 0.6 is 0 Å². The molecule has 226 valence electrons. The highest BCUT2D eigenvalue weighted by atomic mass is 19.4. The van der Waals surface area contributed by atoms with Crippen molar-refractivity contribution in [1.29, 1.82) is 0 Å². The minimum Gasteiger partial charge on any atom is -0.496 e. The SMILES string of the molecule is COc1cc(C(=O)NCC(O)(c2cc3c(c(-c4ccc(F)cc4)n2)NCCC3(C)N)C(F)(F)F)ccc1CCC(C)O. The van der Waals surface area contributed by atoms with Crippen molar-refractivity contribution in [3.8, 4) is 17.0 Å². The number of alkyl halides is 3. The Morgan fingerprint density at radius 2 is 1.90 bits per heavy atom. The first-order valence-electron chi connectivity index (χ1n) is 13.4. The van der Waals surface area contributed by atoms with Crippen molar-refractivity contribution in [2.24, 2.45) is 5.73 Å². The molecule has 0 fully saturated rings. The second kappa shape index (κ2) is 11.9. The number of pyridine rings is 1. The number of rotatable bonds is 9. The van der Waals surface area contributed by atoms with E-state index in [2.05, 4.69) is 15.6 Å². The van der Waals surface area contributed by atoms with E-state index in [-0.39, 0.29) is 11.3 Å². The predicted molar refractivity (Wildman–Crippen MR) is 150 cm³/mol. The molecule has 1 amide bonds. The Hall–Kier alpha value is -3.74. The van der Waals surface area contributed by atoms with Crippen LogP contribution < -0.4 is 21.1 Å². The van der Waals surface area contributed by atoms with E-state index in [0.717, 1.165) is 18.2 Å². The Balaban J connectivity index is 1.72. The summed E-state index contributed by atoms with van der Waals surface area (Å²) < 4.78 is 62.8. The highest BCUT2D eigenvalue weighted by molar-refractivity contribution is 5.94. The van der Waals surface area contributed by atoms with Crippen molar-refractivity contribution >= 4 is 11.6 Å². The average molecular weight is 591 g/mol. The Kier molecular flexibility index (Phi) is 8.81. The molecule has 0 bridgehead atoms. The summed E-state index contributed by atoms with van der Waals surface area (Å²) in [6.07, 6.45) is -4.50. The molecule has 0 saturated heterocycles. The highest BCUT2D eigenvalue weighted by Gasteiger charge is 2.57. The van der Waals surface area contributed by atoms with E-state index < -0.39 is 47.4 Å². The third kappa shape index (κ3) is 6.35. The zero-order valence-electron chi connectivity index (χ0n) is 23.5. The molecule has 3 aromatic rings. The summed E-state index contributed by atoms with van der Waals surface area (Å²) in [5, 5.41) is 26.1. The molecule has 0 saturated carbocycles. The van der Waals surface area contributed by atoms with E-state index in [1.807, 2.05) is 0 Å². The number of fused-ring (bicyclic) bond motifs is 1. The summed E-state index contributed by atoms with van der Waals surface area (Å²) in [6.45, 7) is 2.49. The molecule has 0 radical (unpaired) electrons. The Bertz CT molecular complexity index is 1440. The summed E-state index contributed by atoms with van der Waals surface area (Å²) in [4.78, 5) is 17.2. The first kappa shape index (κ1) is 31.2. The van der Waals surface area contributed by atoms with Crippen LogP contribution in [0.15, 0.2) is 48.5 Å². The molecular weight excluding hydrogens is 556 g/mol. The second-order valence-corrected chi connectivity index (χ2v) is 10.8. The van der Waals surface area contributed by atoms with Gasteiger partial charge in [0.05, 0.1) is 36.8 Å². The number of anilines is 1. The molecule has 12 heteroatoms. The molecular formula is C30H34F4N4O4. The van der Waals surface area contributed by atoms with Crippen molar-refractivity contribution in [1.82, 2.24) is 10.3 Å². The molecule has 6 N–H and O–H groups in total. The first-order valence-corrected chi connectivity index (χ1v) is 13.4. The van der Waals surface area contributed by atoms with Gasteiger partial charge in [0.15, 0.2) is 0 Å². The fourth-order valence-corrected chi connectivity index (χ4v) is 4.89. The number of amides is 1. The summed E-state index contributed by atoms with van der Waals surface area (Å²) in [7, 11) is 1.39. The quantitative estimate of drug-likeness (QED) is 0.234. The van der Waals surface area contributed by atoms with Crippen LogP contribution in [-0.4, -0.2) is 53.6 Å². The summed E-state index contributed by atoms with van der Waals surface area (Å²) in [5.41, 5.74) is 2.84. The average Bonchev–Trinajstić information content (AvgIpc) is 2.93. The van der Waals surface area contributed by atoms with Crippen LogP contribution in [-0.2, 0) is 17.6 Å². The number of aliphatic hydroxyl groups is 2. The van der Waals surface area contributed by atoms with Gasteiger partial charge in [-0.05, 0) is 86.7 Å². The third-order valence-electron chi connectivity index (χ3n) is 7.48. The van der Waals surface area contributed by atoms with Gasteiger partial charge in [-0.2, -0.15) is 13.2 Å². The molecule has 42 heavy (non-hydrogen) atoms. The number of aryl methyl sites for hydroxylation is 1. The van der Waals surface area contributed by atoms with Gasteiger partial charge in [0, 0.05) is 23.2 Å². The topological polar surface area (TPSA) is 130 Å². The number of aromatic nitrogens is 1. The zero-order chi connectivity index (χ0) is 30.9. The van der Waals surface area contributed by atoms with Crippen molar-refractivity contribution in [2.45, 2.75) is 56.5 Å². The molecule has 8 nitrogen and oxygen atoms in total. The van der Waals surface area contributed by atoms with Crippen molar-refractivity contribution in [2.75, 3.05) is 25.5 Å². The molecule has 0 aliphatic carbocycles. The van der Waals surface area contributed by atoms with Crippen LogP contribution in [0.4, 0.5) is 23.2 Å². The lowest BCUT2D eigenvalue weighted by Crippen LogP contribution is -2.52.